The number of hydrogen-bond donors (Lipinski definition) is 1. The molecule has 21 heavy (non-hydrogen) atoms. The summed E-state index contributed by atoms with van der Waals surface area (Å²) in [7, 11) is -3.66. The summed E-state index contributed by atoms with van der Waals surface area (Å²) < 4.78 is 27.6. The molecule has 0 unspecified atom stereocenters. The van der Waals surface area contributed by atoms with Crippen molar-refractivity contribution in [3.05, 3.63) is 28.8 Å². The van der Waals surface area contributed by atoms with Crippen molar-refractivity contribution in [1.82, 2.24) is 9.62 Å². The molecule has 1 heterocycles. The summed E-state index contributed by atoms with van der Waals surface area (Å²) in [6.45, 7) is 2.18. The molecule has 1 aliphatic heterocycles. The van der Waals surface area contributed by atoms with E-state index < -0.39 is 10.0 Å². The second-order valence-corrected chi connectivity index (χ2v) is 7.83. The van der Waals surface area contributed by atoms with E-state index >= 15 is 0 Å². The molecule has 114 valence electrons. The minimum absolute atomic E-state index is 0.0352. The summed E-state index contributed by atoms with van der Waals surface area (Å²) in [6.07, 6.45) is 2.28. The highest BCUT2D eigenvalue weighted by atomic mass is 35.5. The lowest BCUT2D eigenvalue weighted by Crippen LogP contribution is -2.37. The third-order valence-electron chi connectivity index (χ3n) is 3.91. The van der Waals surface area contributed by atoms with Gasteiger partial charge in [0.25, 0.3) is 0 Å². The molecule has 3 rings (SSSR count). The Hall–Kier alpha value is -1.11. The van der Waals surface area contributed by atoms with Crippen molar-refractivity contribution in [2.24, 2.45) is 0 Å². The number of sulfonamides is 1. The van der Waals surface area contributed by atoms with Crippen molar-refractivity contribution < 1.29 is 13.2 Å². The zero-order valence-electron chi connectivity index (χ0n) is 11.7. The maximum atomic E-state index is 12.5. The average molecular weight is 329 g/mol. The minimum atomic E-state index is -3.66. The minimum Gasteiger partial charge on any atom is -0.338 e. The van der Waals surface area contributed by atoms with E-state index in [0.717, 1.165) is 12.8 Å². The maximum Gasteiger partial charge on any atom is 0.241 e. The molecule has 0 bridgehead atoms. The molecule has 1 amide bonds. The molecule has 7 heteroatoms. The molecule has 2 aliphatic rings. The SMILES string of the molecule is Cc1ccc(Cl)cc1S(=O)(=O)N[C@@H]1CC(=O)N(C2CC2)C1. The third-order valence-corrected chi connectivity index (χ3v) is 5.81. The van der Waals surface area contributed by atoms with Crippen molar-refractivity contribution in [3.8, 4) is 0 Å². The number of likely N-dealkylation sites (tertiary alicyclic amines) is 1. The fourth-order valence-electron chi connectivity index (χ4n) is 2.70. The second kappa shape index (κ2) is 5.26. The molecule has 0 aromatic heterocycles. The van der Waals surface area contributed by atoms with Gasteiger partial charge in [-0.05, 0) is 37.5 Å². The summed E-state index contributed by atoms with van der Waals surface area (Å²) in [5.41, 5.74) is 0.635. The van der Waals surface area contributed by atoms with Crippen LogP contribution in [0.2, 0.25) is 5.02 Å². The molecule has 0 spiro atoms. The third kappa shape index (κ3) is 3.07. The molecule has 1 saturated heterocycles. The Bertz CT molecular complexity index is 685. The Kier molecular flexibility index (Phi) is 3.71. The van der Waals surface area contributed by atoms with E-state index in [0.29, 0.717) is 23.2 Å². The van der Waals surface area contributed by atoms with Crippen LogP contribution in [0.1, 0.15) is 24.8 Å². The van der Waals surface area contributed by atoms with Crippen molar-refractivity contribution in [3.63, 3.8) is 0 Å². The summed E-state index contributed by atoms with van der Waals surface area (Å²) in [4.78, 5) is 13.8. The second-order valence-electron chi connectivity index (χ2n) is 5.71. The molecular weight excluding hydrogens is 312 g/mol. The van der Waals surface area contributed by atoms with E-state index in [4.69, 9.17) is 11.6 Å². The number of aryl methyl sites for hydroxylation is 1. The zero-order chi connectivity index (χ0) is 15.2. The normalized spacial score (nSPS) is 22.9. The largest absolute Gasteiger partial charge is 0.338 e. The van der Waals surface area contributed by atoms with E-state index in [1.807, 2.05) is 0 Å². The van der Waals surface area contributed by atoms with Gasteiger partial charge >= 0.3 is 0 Å². The summed E-state index contributed by atoms with van der Waals surface area (Å²) in [5.74, 6) is 0.0352. The van der Waals surface area contributed by atoms with Crippen LogP contribution in [0, 0.1) is 6.92 Å². The molecule has 1 N–H and O–H groups in total. The van der Waals surface area contributed by atoms with Crippen LogP contribution < -0.4 is 4.72 Å². The van der Waals surface area contributed by atoms with Gasteiger partial charge in [-0.25, -0.2) is 13.1 Å². The number of halogens is 1. The van der Waals surface area contributed by atoms with Crippen LogP contribution in [0.15, 0.2) is 23.1 Å². The van der Waals surface area contributed by atoms with Crippen LogP contribution in [0.5, 0.6) is 0 Å². The van der Waals surface area contributed by atoms with E-state index in [9.17, 15) is 13.2 Å². The predicted octanol–water partition coefficient (Wildman–Crippen LogP) is 1.69. The number of nitrogens with zero attached hydrogens (tertiary/aromatic N) is 1. The van der Waals surface area contributed by atoms with Crippen LogP contribution in [0.4, 0.5) is 0 Å². The van der Waals surface area contributed by atoms with E-state index in [1.54, 1.807) is 24.0 Å². The number of amides is 1. The highest BCUT2D eigenvalue weighted by Gasteiger charge is 2.40. The van der Waals surface area contributed by atoms with Gasteiger partial charge < -0.3 is 4.90 Å². The van der Waals surface area contributed by atoms with Crippen molar-refractivity contribution in [2.45, 2.75) is 43.2 Å². The average Bonchev–Trinajstić information content (AvgIpc) is 3.17. The summed E-state index contributed by atoms with van der Waals surface area (Å²) >= 11 is 5.88. The molecule has 1 aromatic rings. The van der Waals surface area contributed by atoms with E-state index in [1.165, 1.54) is 6.07 Å². The smallest absolute Gasteiger partial charge is 0.241 e. The first-order chi connectivity index (χ1) is 9.87. The predicted molar refractivity (Wildman–Crippen MR) is 79.7 cm³/mol. The van der Waals surface area contributed by atoms with Crippen LogP contribution >= 0.6 is 11.6 Å². The van der Waals surface area contributed by atoms with Gasteiger partial charge in [-0.15, -0.1) is 0 Å². The van der Waals surface area contributed by atoms with Gasteiger partial charge in [-0.2, -0.15) is 0 Å². The first-order valence-electron chi connectivity index (χ1n) is 6.95. The quantitative estimate of drug-likeness (QED) is 0.914. The molecule has 2 fully saturated rings. The van der Waals surface area contributed by atoms with Crippen molar-refractivity contribution >= 4 is 27.5 Å². The first-order valence-corrected chi connectivity index (χ1v) is 8.81. The Labute approximate surface area is 129 Å². The number of rotatable bonds is 4. The van der Waals surface area contributed by atoms with Gasteiger partial charge in [0.2, 0.25) is 15.9 Å². The molecule has 1 aliphatic carbocycles. The molecule has 5 nitrogen and oxygen atoms in total. The topological polar surface area (TPSA) is 66.5 Å². The Balaban J connectivity index is 1.77. The lowest BCUT2D eigenvalue weighted by molar-refractivity contribution is -0.128. The zero-order valence-corrected chi connectivity index (χ0v) is 13.2. The fourth-order valence-corrected chi connectivity index (χ4v) is 4.43. The fraction of sp³-hybridized carbons (Fsp3) is 0.500. The standard InChI is InChI=1S/C14H17ClN2O3S/c1-9-2-3-10(15)6-13(9)21(19,20)16-11-7-14(18)17(8-11)12-4-5-12/h2-3,6,11-12,16H,4-5,7-8H2,1H3/t11-/m1/s1. The molecule has 0 radical (unpaired) electrons. The van der Waals surface area contributed by atoms with Gasteiger partial charge in [0.15, 0.2) is 0 Å². The highest BCUT2D eigenvalue weighted by molar-refractivity contribution is 7.89. The highest BCUT2D eigenvalue weighted by Crippen LogP contribution is 2.31. The summed E-state index contributed by atoms with van der Waals surface area (Å²) in [5, 5.41) is 0.378. The number of carbonyl (C=O) groups is 1. The van der Waals surface area contributed by atoms with Gasteiger partial charge in [0.05, 0.1) is 4.90 Å². The molecule has 1 atom stereocenters. The number of benzene rings is 1. The Morgan fingerprint density at radius 3 is 2.71 bits per heavy atom. The van der Waals surface area contributed by atoms with Crippen molar-refractivity contribution in [1.29, 1.82) is 0 Å². The first kappa shape index (κ1) is 14.8. The van der Waals surface area contributed by atoms with Gasteiger partial charge in [0.1, 0.15) is 0 Å². The van der Waals surface area contributed by atoms with Crippen LogP contribution in [-0.4, -0.2) is 37.9 Å². The Morgan fingerprint density at radius 1 is 1.33 bits per heavy atom. The van der Waals surface area contributed by atoms with Gasteiger partial charge in [0, 0.05) is 30.1 Å². The van der Waals surface area contributed by atoms with E-state index in [2.05, 4.69) is 4.72 Å². The lowest BCUT2D eigenvalue weighted by atomic mass is 10.2. The van der Waals surface area contributed by atoms with Crippen LogP contribution in [0.25, 0.3) is 0 Å². The molecular formula is C14H17ClN2O3S. The van der Waals surface area contributed by atoms with Gasteiger partial charge in [-0.1, -0.05) is 17.7 Å². The van der Waals surface area contributed by atoms with Crippen LogP contribution in [0.3, 0.4) is 0 Å². The maximum absolute atomic E-state index is 12.5. The lowest BCUT2D eigenvalue weighted by Gasteiger charge is -2.17. The van der Waals surface area contributed by atoms with Crippen molar-refractivity contribution in [2.75, 3.05) is 6.54 Å². The summed E-state index contributed by atoms with van der Waals surface area (Å²) in [6, 6.07) is 4.73. The number of carbonyl (C=O) groups excluding carboxylic acids is 1. The number of hydrogen-bond acceptors (Lipinski definition) is 3. The van der Waals surface area contributed by atoms with E-state index in [-0.39, 0.29) is 23.3 Å². The number of nitrogens with one attached hydrogen (secondary N) is 1. The monoisotopic (exact) mass is 328 g/mol. The molecule has 1 aromatic carbocycles. The van der Waals surface area contributed by atoms with Gasteiger partial charge in [-0.3, -0.25) is 4.79 Å². The van der Waals surface area contributed by atoms with Crippen LogP contribution in [-0.2, 0) is 14.8 Å². The molecule has 1 saturated carbocycles. The Morgan fingerprint density at radius 2 is 2.05 bits per heavy atom.